The molecule has 2 unspecified atom stereocenters. The van der Waals surface area contributed by atoms with Crippen molar-refractivity contribution in [2.45, 2.75) is 110 Å². The molecule has 0 aromatic heterocycles. The molecule has 40 heavy (non-hydrogen) atoms. The van der Waals surface area contributed by atoms with Crippen molar-refractivity contribution in [3.63, 3.8) is 0 Å². The van der Waals surface area contributed by atoms with Gasteiger partial charge in [0.25, 0.3) is 0 Å². The predicted octanol–water partition coefficient (Wildman–Crippen LogP) is 6.13. The molecule has 6 nitrogen and oxygen atoms in total. The van der Waals surface area contributed by atoms with Crippen molar-refractivity contribution in [2.24, 2.45) is 11.8 Å². The number of hydrogen-bond donors (Lipinski definition) is 2. The van der Waals surface area contributed by atoms with Crippen LogP contribution in [-0.4, -0.2) is 47.4 Å². The summed E-state index contributed by atoms with van der Waals surface area (Å²) in [5.74, 6) is 1.66. The summed E-state index contributed by atoms with van der Waals surface area (Å²) in [6.07, 6.45) is 5.80. The van der Waals surface area contributed by atoms with E-state index in [1.165, 1.54) is 12.8 Å². The van der Waals surface area contributed by atoms with Gasteiger partial charge >= 0.3 is 0 Å². The molecule has 2 aromatic rings. The first-order chi connectivity index (χ1) is 18.9. The van der Waals surface area contributed by atoms with Crippen LogP contribution >= 0.6 is 0 Å². The van der Waals surface area contributed by atoms with E-state index in [0.717, 1.165) is 42.1 Å². The molecule has 0 radical (unpaired) electrons. The zero-order chi connectivity index (χ0) is 29.3. The zero-order valence-electron chi connectivity index (χ0n) is 25.7. The average Bonchev–Trinajstić information content (AvgIpc) is 2.90. The third-order valence-corrected chi connectivity index (χ3v) is 7.79. The van der Waals surface area contributed by atoms with E-state index in [-0.39, 0.29) is 17.9 Å². The first kappa shape index (κ1) is 31.7. The van der Waals surface area contributed by atoms with Crippen LogP contribution < -0.4 is 15.4 Å². The molecule has 2 atom stereocenters. The third-order valence-electron chi connectivity index (χ3n) is 7.79. The van der Waals surface area contributed by atoms with Gasteiger partial charge in [-0.1, -0.05) is 63.2 Å². The minimum absolute atomic E-state index is 0.0632. The largest absolute Gasteiger partial charge is 0.489 e. The Morgan fingerprint density at radius 2 is 1.55 bits per heavy atom. The fraction of sp³-hybridized carbons (Fsp3) is 0.588. The molecular formula is C34H51N3O3. The van der Waals surface area contributed by atoms with Crippen molar-refractivity contribution in [3.8, 4) is 5.75 Å². The van der Waals surface area contributed by atoms with Crippen LogP contribution in [0.5, 0.6) is 5.75 Å². The fourth-order valence-corrected chi connectivity index (χ4v) is 5.44. The number of hydrogen-bond acceptors (Lipinski definition) is 4. The van der Waals surface area contributed by atoms with E-state index in [1.54, 1.807) is 0 Å². The summed E-state index contributed by atoms with van der Waals surface area (Å²) in [6.45, 7) is 13.0. The maximum atomic E-state index is 13.8. The topological polar surface area (TPSA) is 70.7 Å². The highest BCUT2D eigenvalue weighted by atomic mass is 16.5. The summed E-state index contributed by atoms with van der Waals surface area (Å²) in [4.78, 5) is 29.5. The minimum Gasteiger partial charge on any atom is -0.489 e. The van der Waals surface area contributed by atoms with Crippen molar-refractivity contribution < 1.29 is 14.3 Å². The van der Waals surface area contributed by atoms with E-state index in [4.69, 9.17) is 4.74 Å². The molecule has 0 saturated heterocycles. The Balaban J connectivity index is 1.72. The Labute approximate surface area is 242 Å². The van der Waals surface area contributed by atoms with E-state index in [0.29, 0.717) is 25.0 Å². The van der Waals surface area contributed by atoms with Crippen LogP contribution in [0.15, 0.2) is 54.6 Å². The molecular weight excluding hydrogens is 498 g/mol. The summed E-state index contributed by atoms with van der Waals surface area (Å²) in [5, 5.41) is 6.24. The Morgan fingerprint density at radius 1 is 0.925 bits per heavy atom. The van der Waals surface area contributed by atoms with Crippen molar-refractivity contribution in [3.05, 3.63) is 65.7 Å². The second kappa shape index (κ2) is 14.7. The molecule has 1 aliphatic carbocycles. The van der Waals surface area contributed by atoms with Gasteiger partial charge < -0.3 is 15.4 Å². The lowest BCUT2D eigenvalue weighted by atomic mass is 9.85. The van der Waals surface area contributed by atoms with Gasteiger partial charge in [0.1, 0.15) is 18.4 Å². The van der Waals surface area contributed by atoms with Crippen LogP contribution in [0.1, 0.15) is 84.8 Å². The maximum Gasteiger partial charge on any atom is 0.243 e. The number of likely N-dealkylation sites (N-methyl/N-ethyl adjacent to an activating group) is 1. The van der Waals surface area contributed by atoms with E-state index >= 15 is 0 Å². The lowest BCUT2D eigenvalue weighted by Gasteiger charge is -2.39. The standard InChI is InChI=1S/C34H51N3O3/c1-24(2)21-31(37(7)28-17-13-25(3)14-18-28)33(39)35-30(32(38)36-34(4,5)6)22-26-15-19-29(20-16-26)40-23-27-11-9-8-10-12-27/h8-12,15-16,19-20,24-25,28,30-31H,13-14,17-18,21-23H2,1-7H3,(H,35,39)(H,36,38). The van der Waals surface area contributed by atoms with Crippen LogP contribution in [0.4, 0.5) is 0 Å². The molecule has 0 aliphatic heterocycles. The molecule has 1 fully saturated rings. The SMILES string of the molecule is CC(C)CC(C(=O)NC(Cc1ccc(OCc2ccccc2)cc1)C(=O)NC(C)(C)C)N(C)C1CCC(C)CC1. The van der Waals surface area contributed by atoms with Gasteiger partial charge in [-0.3, -0.25) is 14.5 Å². The summed E-state index contributed by atoms with van der Waals surface area (Å²) in [6, 6.07) is 17.3. The molecule has 2 aromatic carbocycles. The smallest absolute Gasteiger partial charge is 0.243 e. The third kappa shape index (κ3) is 10.3. The Bertz CT molecular complexity index is 1050. The number of carbonyl (C=O) groups is 2. The van der Waals surface area contributed by atoms with Crippen LogP contribution in [0.2, 0.25) is 0 Å². The van der Waals surface area contributed by atoms with Crippen LogP contribution in [0, 0.1) is 11.8 Å². The van der Waals surface area contributed by atoms with Gasteiger partial charge in [0, 0.05) is 18.0 Å². The molecule has 1 aliphatic rings. The van der Waals surface area contributed by atoms with E-state index < -0.39 is 11.6 Å². The number of carbonyl (C=O) groups excluding carboxylic acids is 2. The quantitative estimate of drug-likeness (QED) is 0.334. The van der Waals surface area contributed by atoms with Crippen molar-refractivity contribution in [1.29, 1.82) is 0 Å². The minimum atomic E-state index is -0.669. The molecule has 6 heteroatoms. The number of nitrogens with one attached hydrogen (secondary N) is 2. The van der Waals surface area contributed by atoms with Gasteiger partial charge in [0.15, 0.2) is 0 Å². The molecule has 0 bridgehead atoms. The highest BCUT2D eigenvalue weighted by molar-refractivity contribution is 5.90. The molecule has 1 saturated carbocycles. The van der Waals surface area contributed by atoms with E-state index in [2.05, 4.69) is 43.4 Å². The lowest BCUT2D eigenvalue weighted by Crippen LogP contribution is -2.57. The van der Waals surface area contributed by atoms with Crippen LogP contribution in [0.25, 0.3) is 0 Å². The summed E-state index contributed by atoms with van der Waals surface area (Å²) in [7, 11) is 2.09. The number of ether oxygens (including phenoxy) is 1. The summed E-state index contributed by atoms with van der Waals surface area (Å²) >= 11 is 0. The molecule has 0 heterocycles. The normalized spacial score (nSPS) is 19.2. The zero-order valence-corrected chi connectivity index (χ0v) is 25.7. The Morgan fingerprint density at radius 3 is 2.12 bits per heavy atom. The highest BCUT2D eigenvalue weighted by Crippen LogP contribution is 2.29. The Hall–Kier alpha value is -2.86. The second-order valence-corrected chi connectivity index (χ2v) is 13.1. The van der Waals surface area contributed by atoms with Gasteiger partial charge in [0.2, 0.25) is 11.8 Å². The van der Waals surface area contributed by atoms with E-state index in [9.17, 15) is 9.59 Å². The Kier molecular flexibility index (Phi) is 11.6. The lowest BCUT2D eigenvalue weighted by molar-refractivity contribution is -0.133. The molecule has 2 N–H and O–H groups in total. The monoisotopic (exact) mass is 549 g/mol. The van der Waals surface area contributed by atoms with Crippen molar-refractivity contribution in [1.82, 2.24) is 15.5 Å². The van der Waals surface area contributed by atoms with Gasteiger partial charge in [0.05, 0.1) is 6.04 Å². The number of benzene rings is 2. The van der Waals surface area contributed by atoms with Crippen LogP contribution in [0.3, 0.4) is 0 Å². The van der Waals surface area contributed by atoms with E-state index in [1.807, 2.05) is 75.4 Å². The number of nitrogens with zero attached hydrogens (tertiary/aromatic N) is 1. The molecule has 220 valence electrons. The summed E-state index contributed by atoms with van der Waals surface area (Å²) < 4.78 is 5.93. The fourth-order valence-electron chi connectivity index (χ4n) is 5.44. The van der Waals surface area contributed by atoms with Crippen molar-refractivity contribution in [2.75, 3.05) is 7.05 Å². The molecule has 0 spiro atoms. The first-order valence-electron chi connectivity index (χ1n) is 15.0. The van der Waals surface area contributed by atoms with Crippen molar-refractivity contribution >= 4 is 11.8 Å². The predicted molar refractivity (Wildman–Crippen MR) is 163 cm³/mol. The highest BCUT2D eigenvalue weighted by Gasteiger charge is 2.34. The van der Waals surface area contributed by atoms with Gasteiger partial charge in [-0.05, 0) is 95.0 Å². The van der Waals surface area contributed by atoms with Crippen LogP contribution in [-0.2, 0) is 22.6 Å². The average molecular weight is 550 g/mol. The summed E-state index contributed by atoms with van der Waals surface area (Å²) in [5.41, 5.74) is 1.68. The van der Waals surface area contributed by atoms with Gasteiger partial charge in [-0.15, -0.1) is 0 Å². The first-order valence-corrected chi connectivity index (χ1v) is 15.0. The molecule has 2 amide bonds. The van der Waals surface area contributed by atoms with Gasteiger partial charge in [-0.25, -0.2) is 0 Å². The number of rotatable bonds is 12. The second-order valence-electron chi connectivity index (χ2n) is 13.1. The molecule has 3 rings (SSSR count). The number of amides is 2. The maximum absolute atomic E-state index is 13.8. The van der Waals surface area contributed by atoms with Gasteiger partial charge in [-0.2, -0.15) is 0 Å².